The van der Waals surface area contributed by atoms with E-state index >= 15 is 0 Å². The van der Waals surface area contributed by atoms with Gasteiger partial charge in [0.1, 0.15) is 11.6 Å². The number of piperidine rings is 2. The minimum atomic E-state index is -0.262. The number of carbonyl (C=O) groups is 2. The summed E-state index contributed by atoms with van der Waals surface area (Å²) in [6.07, 6.45) is 15.0. The second kappa shape index (κ2) is 18.2. The Morgan fingerprint density at radius 1 is 0.583 bits per heavy atom. The van der Waals surface area contributed by atoms with E-state index in [1.165, 1.54) is 24.3 Å². The van der Waals surface area contributed by atoms with Gasteiger partial charge >= 0.3 is 0 Å². The Kier molecular flexibility index (Phi) is 12.7. The van der Waals surface area contributed by atoms with Gasteiger partial charge in [0.25, 0.3) is 0 Å². The maximum Gasteiger partial charge on any atom is 0.250 e. The molecule has 308 valence electrons. The van der Waals surface area contributed by atoms with Gasteiger partial charge in [-0.3, -0.25) is 9.59 Å². The highest BCUT2D eigenvalue weighted by Gasteiger charge is 2.30. The molecule has 0 unspecified atom stereocenters. The van der Waals surface area contributed by atoms with E-state index < -0.39 is 0 Å². The third kappa shape index (κ3) is 9.88. The van der Waals surface area contributed by atoms with Gasteiger partial charge in [0.05, 0.1) is 24.0 Å². The molecule has 2 amide bonds. The number of likely N-dealkylation sites (tertiary alicyclic amines) is 2. The van der Waals surface area contributed by atoms with Gasteiger partial charge in [-0.15, -0.1) is 0 Å². The standard InChI is InChI=1S/2C25H26FN3O/c2*1-17-12-21(7-11-24(17)28-14-18(2)27-16-28)13-22-8-4-19(3)29(25(22)30)15-20-5-9-23(26)10-6-20/h2*5-7,9-14,16,19H,4,8,15H2,1-3H3/b2*22-13+/t2*19-/m10/s1. The molecule has 2 fully saturated rings. The highest BCUT2D eigenvalue weighted by Crippen LogP contribution is 2.29. The molecule has 60 heavy (non-hydrogen) atoms. The Bertz CT molecular complexity index is 2370. The number of hydrogen-bond acceptors (Lipinski definition) is 4. The SMILES string of the molecule is Cc1cn(-c2ccc(/C=C3\CC[C@@H](C)N(Cc4ccc(F)cc4)C3=O)cc2C)cn1.Cc1cn(-c2ccc(/C=C3\CC[C@H](C)N(Cc4ccc(F)cc4)C3=O)cc2C)cn1. The van der Waals surface area contributed by atoms with Crippen LogP contribution in [0.4, 0.5) is 8.78 Å². The number of aryl methyl sites for hydroxylation is 4. The van der Waals surface area contributed by atoms with Gasteiger partial charge in [-0.2, -0.15) is 0 Å². The summed E-state index contributed by atoms with van der Waals surface area (Å²) < 4.78 is 30.4. The summed E-state index contributed by atoms with van der Waals surface area (Å²) in [4.78, 5) is 38.7. The fourth-order valence-corrected chi connectivity index (χ4v) is 7.94. The van der Waals surface area contributed by atoms with Crippen molar-refractivity contribution in [2.24, 2.45) is 0 Å². The van der Waals surface area contributed by atoms with Crippen molar-refractivity contribution < 1.29 is 18.4 Å². The molecule has 2 aliphatic rings. The van der Waals surface area contributed by atoms with Crippen LogP contribution in [0.15, 0.2) is 121 Å². The van der Waals surface area contributed by atoms with Crippen molar-refractivity contribution in [2.45, 2.75) is 92.4 Å². The third-order valence-corrected chi connectivity index (χ3v) is 11.4. The van der Waals surface area contributed by atoms with Crippen LogP contribution in [0.2, 0.25) is 0 Å². The summed E-state index contributed by atoms with van der Waals surface area (Å²) in [7, 11) is 0. The van der Waals surface area contributed by atoms with Crippen molar-refractivity contribution in [3.8, 4) is 11.4 Å². The Hall–Kier alpha value is -6.42. The summed E-state index contributed by atoms with van der Waals surface area (Å²) in [6.45, 7) is 13.2. The van der Waals surface area contributed by atoms with Gasteiger partial charge in [0.15, 0.2) is 0 Å². The minimum absolute atomic E-state index is 0.0602. The maximum absolute atomic E-state index is 13.2. The molecule has 6 aromatic rings. The van der Waals surface area contributed by atoms with E-state index in [1.807, 2.05) is 82.1 Å². The van der Waals surface area contributed by atoms with Crippen molar-refractivity contribution in [3.05, 3.63) is 178 Å². The zero-order chi connectivity index (χ0) is 42.5. The van der Waals surface area contributed by atoms with Crippen LogP contribution < -0.4 is 0 Å². The molecular formula is C50H52F2N6O2. The monoisotopic (exact) mass is 806 g/mol. The second-order valence-corrected chi connectivity index (χ2v) is 16.2. The quantitative estimate of drug-likeness (QED) is 0.144. The number of nitrogens with zero attached hydrogens (tertiary/aromatic N) is 6. The zero-order valence-corrected chi connectivity index (χ0v) is 35.2. The average Bonchev–Trinajstić information content (AvgIpc) is 3.86. The van der Waals surface area contributed by atoms with Gasteiger partial charge in [0.2, 0.25) is 11.8 Å². The van der Waals surface area contributed by atoms with Gasteiger partial charge in [-0.05, 0) is 161 Å². The molecule has 0 aliphatic carbocycles. The lowest BCUT2D eigenvalue weighted by atomic mass is 9.95. The van der Waals surface area contributed by atoms with E-state index in [4.69, 9.17) is 0 Å². The van der Waals surface area contributed by atoms with Crippen LogP contribution in [0.5, 0.6) is 0 Å². The number of hydrogen-bond donors (Lipinski definition) is 0. The van der Waals surface area contributed by atoms with Crippen molar-refractivity contribution >= 4 is 24.0 Å². The van der Waals surface area contributed by atoms with Crippen LogP contribution >= 0.6 is 0 Å². The van der Waals surface area contributed by atoms with Gasteiger partial charge in [-0.25, -0.2) is 18.7 Å². The molecule has 2 atom stereocenters. The zero-order valence-electron chi connectivity index (χ0n) is 35.2. The van der Waals surface area contributed by atoms with Gasteiger partial charge in [-0.1, -0.05) is 36.4 Å². The number of imidazole rings is 2. The van der Waals surface area contributed by atoms with Crippen molar-refractivity contribution in [3.63, 3.8) is 0 Å². The van der Waals surface area contributed by atoms with Crippen LogP contribution in [0, 0.1) is 39.3 Å². The Balaban J connectivity index is 0.000000181. The number of amides is 2. The van der Waals surface area contributed by atoms with Gasteiger partial charge in [0, 0.05) is 60.1 Å². The van der Waals surface area contributed by atoms with E-state index in [0.29, 0.717) is 13.1 Å². The first-order valence-electron chi connectivity index (χ1n) is 20.6. The molecule has 0 bridgehead atoms. The molecule has 4 heterocycles. The summed E-state index contributed by atoms with van der Waals surface area (Å²) >= 11 is 0. The molecule has 0 radical (unpaired) electrons. The predicted octanol–water partition coefficient (Wildman–Crippen LogP) is 10.4. The summed E-state index contributed by atoms with van der Waals surface area (Å²) in [5, 5.41) is 0. The molecule has 0 N–H and O–H groups in total. The molecule has 8 rings (SSSR count). The van der Waals surface area contributed by atoms with Crippen LogP contribution in [0.3, 0.4) is 0 Å². The van der Waals surface area contributed by atoms with E-state index in [0.717, 1.165) is 93.0 Å². The van der Waals surface area contributed by atoms with E-state index in [-0.39, 0.29) is 35.5 Å². The summed E-state index contributed by atoms with van der Waals surface area (Å²) in [6, 6.07) is 25.5. The van der Waals surface area contributed by atoms with Crippen LogP contribution in [0.25, 0.3) is 23.5 Å². The number of benzene rings is 4. The molecule has 2 saturated heterocycles. The first-order chi connectivity index (χ1) is 28.8. The van der Waals surface area contributed by atoms with Gasteiger partial charge < -0.3 is 18.9 Å². The van der Waals surface area contributed by atoms with E-state index in [1.54, 1.807) is 24.3 Å². The predicted molar refractivity (Wildman–Crippen MR) is 233 cm³/mol. The minimum Gasteiger partial charge on any atom is -0.332 e. The number of halogens is 2. The molecule has 4 aromatic carbocycles. The lowest BCUT2D eigenvalue weighted by molar-refractivity contribution is -0.132. The first-order valence-corrected chi connectivity index (χ1v) is 20.6. The fraction of sp³-hybridized carbons (Fsp3) is 0.280. The molecule has 0 saturated carbocycles. The largest absolute Gasteiger partial charge is 0.332 e. The van der Waals surface area contributed by atoms with Crippen LogP contribution in [-0.2, 0) is 22.7 Å². The molecular weight excluding hydrogens is 755 g/mol. The molecule has 8 nitrogen and oxygen atoms in total. The summed E-state index contributed by atoms with van der Waals surface area (Å²) in [5.41, 5.74) is 11.9. The van der Waals surface area contributed by atoms with Crippen molar-refractivity contribution in [1.29, 1.82) is 0 Å². The number of rotatable bonds is 8. The maximum atomic E-state index is 13.2. The average molecular weight is 807 g/mol. The highest BCUT2D eigenvalue weighted by molar-refractivity contribution is 5.99. The Morgan fingerprint density at radius 3 is 1.30 bits per heavy atom. The van der Waals surface area contributed by atoms with Crippen molar-refractivity contribution in [2.75, 3.05) is 0 Å². The van der Waals surface area contributed by atoms with E-state index in [9.17, 15) is 18.4 Å². The Morgan fingerprint density at radius 2 is 0.967 bits per heavy atom. The lowest BCUT2D eigenvalue weighted by Crippen LogP contribution is -2.42. The number of aromatic nitrogens is 4. The molecule has 2 aromatic heterocycles. The van der Waals surface area contributed by atoms with Crippen LogP contribution in [-0.4, -0.2) is 52.8 Å². The van der Waals surface area contributed by atoms with Crippen molar-refractivity contribution in [1.82, 2.24) is 28.9 Å². The molecule has 0 spiro atoms. The van der Waals surface area contributed by atoms with Crippen LogP contribution in [0.1, 0.15) is 84.3 Å². The lowest BCUT2D eigenvalue weighted by Gasteiger charge is -2.35. The topological polar surface area (TPSA) is 76.3 Å². The third-order valence-electron chi connectivity index (χ3n) is 11.4. The number of carbonyl (C=O) groups excluding carboxylic acids is 2. The molecule has 2 aliphatic heterocycles. The second-order valence-electron chi connectivity index (χ2n) is 16.2. The smallest absolute Gasteiger partial charge is 0.250 e. The fourth-order valence-electron chi connectivity index (χ4n) is 7.94. The highest BCUT2D eigenvalue weighted by atomic mass is 19.1. The van der Waals surface area contributed by atoms with E-state index in [2.05, 4.69) is 61.9 Å². The normalized spacial score (nSPS) is 18.3. The summed E-state index contributed by atoms with van der Waals surface area (Å²) in [5.74, 6) is -0.404. The Labute approximate surface area is 351 Å². The first kappa shape index (κ1) is 41.7. The molecule has 10 heteroatoms.